The molecule has 0 bridgehead atoms. The molecule has 1 N–H and O–H groups in total. The highest BCUT2D eigenvalue weighted by molar-refractivity contribution is 6.35. The van der Waals surface area contributed by atoms with Gasteiger partial charge in [0.1, 0.15) is 0 Å². The Balaban J connectivity index is 1.21. The standard InChI is InChI=1S/C28H29Cl2N5O3/c29-22-9-19(10-23(30)11-22)25-5-18(14-34-3-1-17(2-4-34)7-27(36)37)6-26(33-25)38-24-12-31-28(32-13-24)35-15-20-8-21(20)16-35/h5-6,9-13,17,20-21H,1-4,7-8,14-16H2,(H,36,37). The van der Waals surface area contributed by atoms with Gasteiger partial charge in [-0.1, -0.05) is 23.2 Å². The Bertz CT molecular complexity index is 1300. The van der Waals surface area contributed by atoms with E-state index in [2.05, 4.69) is 19.8 Å². The normalized spacial score (nSPS) is 21.4. The highest BCUT2D eigenvalue weighted by atomic mass is 35.5. The zero-order valence-electron chi connectivity index (χ0n) is 20.9. The number of aliphatic carboxylic acids is 1. The summed E-state index contributed by atoms with van der Waals surface area (Å²) in [5, 5.41) is 10.2. The largest absolute Gasteiger partial charge is 0.481 e. The number of aromatic nitrogens is 3. The predicted octanol–water partition coefficient (Wildman–Crippen LogP) is 5.78. The number of rotatable bonds is 8. The first-order chi connectivity index (χ1) is 18.4. The summed E-state index contributed by atoms with van der Waals surface area (Å²) in [5.74, 6) is 2.83. The number of anilines is 1. The van der Waals surface area contributed by atoms with Crippen LogP contribution in [0.4, 0.5) is 5.95 Å². The maximum absolute atomic E-state index is 11.1. The second kappa shape index (κ2) is 10.7. The third-order valence-corrected chi connectivity index (χ3v) is 8.13. The highest BCUT2D eigenvalue weighted by Crippen LogP contribution is 2.45. The molecular formula is C28H29Cl2N5O3. The predicted molar refractivity (Wildman–Crippen MR) is 146 cm³/mol. The van der Waals surface area contributed by atoms with Crippen LogP contribution in [-0.4, -0.2) is 57.1 Å². The molecule has 3 aliphatic rings. The maximum atomic E-state index is 11.1. The molecule has 8 nitrogen and oxygen atoms in total. The van der Waals surface area contributed by atoms with Gasteiger partial charge in [-0.3, -0.25) is 9.69 Å². The van der Waals surface area contributed by atoms with Crippen LogP contribution in [-0.2, 0) is 11.3 Å². The van der Waals surface area contributed by atoms with Crippen LogP contribution in [0, 0.1) is 17.8 Å². The van der Waals surface area contributed by atoms with Crippen molar-refractivity contribution in [2.45, 2.75) is 32.2 Å². The van der Waals surface area contributed by atoms with Crippen molar-refractivity contribution in [3.05, 3.63) is 58.3 Å². The van der Waals surface area contributed by atoms with Crippen LogP contribution >= 0.6 is 23.2 Å². The van der Waals surface area contributed by atoms with Gasteiger partial charge in [0.05, 0.1) is 18.1 Å². The SMILES string of the molecule is O=C(O)CC1CCN(Cc2cc(Oc3cnc(N4CC5CC5C4)nc3)nc(-c3cc(Cl)cc(Cl)c3)c2)CC1. The van der Waals surface area contributed by atoms with E-state index in [4.69, 9.17) is 38.0 Å². The zero-order chi connectivity index (χ0) is 26.2. The average Bonchev–Trinajstić information content (AvgIpc) is 3.49. The molecule has 1 aromatic carbocycles. The number of fused-ring (bicyclic) bond motifs is 1. The van der Waals surface area contributed by atoms with Gasteiger partial charge < -0.3 is 14.7 Å². The Hall–Kier alpha value is -2.94. The minimum atomic E-state index is -0.724. The summed E-state index contributed by atoms with van der Waals surface area (Å²) in [5.41, 5.74) is 2.54. The minimum absolute atomic E-state index is 0.235. The number of hydrogen-bond donors (Lipinski definition) is 1. The first kappa shape index (κ1) is 25.3. The molecule has 1 saturated carbocycles. The van der Waals surface area contributed by atoms with E-state index in [0.717, 1.165) is 67.9 Å². The van der Waals surface area contributed by atoms with Crippen molar-refractivity contribution >= 4 is 35.1 Å². The van der Waals surface area contributed by atoms with E-state index in [9.17, 15) is 4.79 Å². The molecule has 4 heterocycles. The molecule has 0 amide bonds. The minimum Gasteiger partial charge on any atom is -0.481 e. The van der Waals surface area contributed by atoms with Gasteiger partial charge in [-0.05, 0) is 79.9 Å². The molecule has 198 valence electrons. The Morgan fingerprint density at radius 1 is 1.00 bits per heavy atom. The van der Waals surface area contributed by atoms with Gasteiger partial charge in [0.2, 0.25) is 11.8 Å². The summed E-state index contributed by atoms with van der Waals surface area (Å²) in [4.78, 5) is 29.5. The fourth-order valence-corrected chi connectivity index (χ4v) is 6.14. The fourth-order valence-electron chi connectivity index (χ4n) is 5.61. The number of likely N-dealkylation sites (tertiary alicyclic amines) is 1. The second-order valence-electron chi connectivity index (χ2n) is 10.7. The van der Waals surface area contributed by atoms with E-state index in [0.29, 0.717) is 33.9 Å². The van der Waals surface area contributed by atoms with E-state index in [1.165, 1.54) is 6.42 Å². The van der Waals surface area contributed by atoms with Crippen molar-refractivity contribution in [2.24, 2.45) is 17.8 Å². The van der Waals surface area contributed by atoms with Gasteiger partial charge >= 0.3 is 5.97 Å². The van der Waals surface area contributed by atoms with Gasteiger partial charge in [0.15, 0.2) is 5.75 Å². The van der Waals surface area contributed by atoms with E-state index in [1.54, 1.807) is 18.5 Å². The number of ether oxygens (including phenoxy) is 1. The van der Waals surface area contributed by atoms with E-state index in [1.807, 2.05) is 24.3 Å². The summed E-state index contributed by atoms with van der Waals surface area (Å²) < 4.78 is 6.13. The summed E-state index contributed by atoms with van der Waals surface area (Å²) in [7, 11) is 0. The molecule has 2 aliphatic heterocycles. The summed E-state index contributed by atoms with van der Waals surface area (Å²) >= 11 is 12.6. The molecule has 2 unspecified atom stereocenters. The molecule has 2 aromatic heterocycles. The molecule has 3 aromatic rings. The number of carboxylic acid groups (broad SMARTS) is 1. The van der Waals surface area contributed by atoms with Crippen molar-refractivity contribution < 1.29 is 14.6 Å². The molecule has 10 heteroatoms. The van der Waals surface area contributed by atoms with Gasteiger partial charge in [-0.2, -0.15) is 0 Å². The molecule has 2 atom stereocenters. The maximum Gasteiger partial charge on any atom is 0.303 e. The number of benzene rings is 1. The molecule has 6 rings (SSSR count). The lowest BCUT2D eigenvalue weighted by Gasteiger charge is -2.31. The van der Waals surface area contributed by atoms with Crippen molar-refractivity contribution in [3.63, 3.8) is 0 Å². The summed E-state index contributed by atoms with van der Waals surface area (Å²) in [6.45, 7) is 4.47. The molecule has 3 fully saturated rings. The lowest BCUT2D eigenvalue weighted by atomic mass is 9.93. The van der Waals surface area contributed by atoms with Crippen molar-refractivity contribution in [1.29, 1.82) is 0 Å². The van der Waals surface area contributed by atoms with E-state index >= 15 is 0 Å². The molecular weight excluding hydrogens is 525 g/mol. The quantitative estimate of drug-likeness (QED) is 0.375. The van der Waals surface area contributed by atoms with Crippen LogP contribution < -0.4 is 9.64 Å². The number of halogens is 2. The van der Waals surface area contributed by atoms with Crippen LogP contribution in [0.25, 0.3) is 11.3 Å². The van der Waals surface area contributed by atoms with Gasteiger partial charge in [0.25, 0.3) is 0 Å². The molecule has 0 spiro atoms. The lowest BCUT2D eigenvalue weighted by molar-refractivity contribution is -0.138. The summed E-state index contributed by atoms with van der Waals surface area (Å²) in [6.07, 6.45) is 6.72. The molecule has 1 aliphatic carbocycles. The Morgan fingerprint density at radius 3 is 2.34 bits per heavy atom. The third-order valence-electron chi connectivity index (χ3n) is 7.70. The van der Waals surface area contributed by atoms with Crippen molar-refractivity contribution in [2.75, 3.05) is 31.1 Å². The molecule has 2 saturated heterocycles. The van der Waals surface area contributed by atoms with Gasteiger partial charge in [-0.25, -0.2) is 15.0 Å². The number of hydrogen-bond acceptors (Lipinski definition) is 7. The van der Waals surface area contributed by atoms with E-state index < -0.39 is 5.97 Å². The monoisotopic (exact) mass is 553 g/mol. The number of carbonyl (C=O) groups is 1. The van der Waals surface area contributed by atoms with Crippen LogP contribution in [0.1, 0.15) is 31.2 Å². The summed E-state index contributed by atoms with van der Waals surface area (Å²) in [6, 6.07) is 9.31. The zero-order valence-corrected chi connectivity index (χ0v) is 22.4. The third kappa shape index (κ3) is 6.03. The van der Waals surface area contributed by atoms with Gasteiger partial charge in [0, 0.05) is 47.7 Å². The average molecular weight is 554 g/mol. The Kier molecular flexibility index (Phi) is 7.12. The molecule has 38 heavy (non-hydrogen) atoms. The van der Waals surface area contributed by atoms with E-state index in [-0.39, 0.29) is 12.3 Å². The van der Waals surface area contributed by atoms with Gasteiger partial charge in [-0.15, -0.1) is 0 Å². The number of carboxylic acids is 1. The smallest absolute Gasteiger partial charge is 0.303 e. The van der Waals surface area contributed by atoms with Crippen LogP contribution in [0.2, 0.25) is 10.0 Å². The highest BCUT2D eigenvalue weighted by Gasteiger charge is 2.45. The first-order valence-electron chi connectivity index (χ1n) is 13.0. The van der Waals surface area contributed by atoms with Crippen LogP contribution in [0.15, 0.2) is 42.7 Å². The van der Waals surface area contributed by atoms with Crippen LogP contribution in [0.3, 0.4) is 0 Å². The number of piperidine rings is 2. The van der Waals surface area contributed by atoms with Crippen molar-refractivity contribution in [3.8, 4) is 22.9 Å². The lowest BCUT2D eigenvalue weighted by Crippen LogP contribution is -2.33. The first-order valence-corrected chi connectivity index (χ1v) is 13.8. The fraction of sp³-hybridized carbons (Fsp3) is 0.429. The topological polar surface area (TPSA) is 91.7 Å². The Morgan fingerprint density at radius 2 is 1.68 bits per heavy atom. The number of nitrogens with zero attached hydrogens (tertiary/aromatic N) is 5. The number of pyridine rings is 1. The Labute approximate surface area is 231 Å². The van der Waals surface area contributed by atoms with Crippen molar-refractivity contribution in [1.82, 2.24) is 19.9 Å². The van der Waals surface area contributed by atoms with Crippen LogP contribution in [0.5, 0.6) is 11.6 Å². The molecule has 0 radical (unpaired) electrons. The second-order valence-corrected chi connectivity index (χ2v) is 11.5.